The van der Waals surface area contributed by atoms with Gasteiger partial charge in [-0.15, -0.1) is 5.10 Å². The number of hydrogen-bond acceptors (Lipinski definition) is 5. The van der Waals surface area contributed by atoms with Crippen LogP contribution in [-0.2, 0) is 5.67 Å². The van der Waals surface area contributed by atoms with E-state index in [0.717, 1.165) is 16.9 Å². The van der Waals surface area contributed by atoms with Gasteiger partial charge in [-0.2, -0.15) is 0 Å². The largest absolute Gasteiger partial charge is 0.403 e. The molecule has 0 aliphatic rings. The SMILES string of the molecule is CN(C)c1nnc(-c2ccccc2Nc2ccc(C(C)(C)F)cc2)o1. The van der Waals surface area contributed by atoms with Gasteiger partial charge in [0, 0.05) is 19.8 Å². The molecular weight excluding hydrogens is 319 g/mol. The van der Waals surface area contributed by atoms with E-state index in [0.29, 0.717) is 17.5 Å². The minimum atomic E-state index is -1.36. The van der Waals surface area contributed by atoms with Gasteiger partial charge in [0.15, 0.2) is 0 Å². The fourth-order valence-corrected chi connectivity index (χ4v) is 2.39. The van der Waals surface area contributed by atoms with E-state index in [2.05, 4.69) is 15.5 Å². The molecule has 1 heterocycles. The first-order valence-electron chi connectivity index (χ1n) is 8.01. The summed E-state index contributed by atoms with van der Waals surface area (Å²) in [4.78, 5) is 1.75. The Hall–Kier alpha value is -2.89. The van der Waals surface area contributed by atoms with E-state index in [-0.39, 0.29) is 0 Å². The molecule has 0 saturated heterocycles. The minimum Gasteiger partial charge on any atom is -0.403 e. The van der Waals surface area contributed by atoms with Crippen LogP contribution in [0.5, 0.6) is 0 Å². The number of aromatic nitrogens is 2. The van der Waals surface area contributed by atoms with Gasteiger partial charge in [0.2, 0.25) is 0 Å². The van der Waals surface area contributed by atoms with Gasteiger partial charge in [0.05, 0.1) is 11.3 Å². The van der Waals surface area contributed by atoms with Gasteiger partial charge in [0.25, 0.3) is 5.89 Å². The first kappa shape index (κ1) is 17.0. The number of anilines is 3. The number of nitrogens with one attached hydrogen (secondary N) is 1. The molecule has 5 nitrogen and oxygen atoms in total. The average Bonchev–Trinajstić information content (AvgIpc) is 3.05. The Balaban J connectivity index is 1.88. The molecule has 3 aromatic rings. The minimum absolute atomic E-state index is 0.438. The highest BCUT2D eigenvalue weighted by molar-refractivity contribution is 5.77. The zero-order valence-electron chi connectivity index (χ0n) is 14.7. The second-order valence-electron chi connectivity index (χ2n) is 6.50. The van der Waals surface area contributed by atoms with Gasteiger partial charge < -0.3 is 14.6 Å². The number of alkyl halides is 1. The van der Waals surface area contributed by atoms with Crippen molar-refractivity contribution in [3.05, 3.63) is 54.1 Å². The molecule has 130 valence electrons. The van der Waals surface area contributed by atoms with E-state index < -0.39 is 5.67 Å². The fraction of sp³-hybridized carbons (Fsp3) is 0.263. The third kappa shape index (κ3) is 3.79. The normalized spacial score (nSPS) is 11.4. The third-order valence-corrected chi connectivity index (χ3v) is 3.80. The lowest BCUT2D eigenvalue weighted by atomic mass is 10.00. The molecule has 0 amide bonds. The lowest BCUT2D eigenvalue weighted by molar-refractivity contribution is 0.221. The maximum Gasteiger partial charge on any atom is 0.317 e. The number of hydrogen-bond donors (Lipinski definition) is 1. The Labute approximate surface area is 146 Å². The van der Waals surface area contributed by atoms with Crippen LogP contribution in [0.4, 0.5) is 21.8 Å². The van der Waals surface area contributed by atoms with Crippen molar-refractivity contribution < 1.29 is 8.81 Å². The number of rotatable bonds is 5. The van der Waals surface area contributed by atoms with Crippen LogP contribution in [-0.4, -0.2) is 24.3 Å². The molecule has 0 fully saturated rings. The molecule has 0 atom stereocenters. The van der Waals surface area contributed by atoms with Gasteiger partial charge in [-0.1, -0.05) is 29.4 Å². The zero-order valence-corrected chi connectivity index (χ0v) is 14.7. The molecule has 0 radical (unpaired) electrons. The highest BCUT2D eigenvalue weighted by Gasteiger charge is 2.18. The molecule has 0 saturated carbocycles. The van der Waals surface area contributed by atoms with E-state index in [1.165, 1.54) is 0 Å². The summed E-state index contributed by atoms with van der Waals surface area (Å²) in [5.41, 5.74) is 1.77. The summed E-state index contributed by atoms with van der Waals surface area (Å²) in [6, 6.07) is 15.4. The second-order valence-corrected chi connectivity index (χ2v) is 6.50. The average molecular weight is 340 g/mol. The Morgan fingerprint density at radius 2 is 1.68 bits per heavy atom. The van der Waals surface area contributed by atoms with Crippen molar-refractivity contribution in [1.82, 2.24) is 10.2 Å². The van der Waals surface area contributed by atoms with Crippen molar-refractivity contribution in [2.45, 2.75) is 19.5 Å². The predicted molar refractivity (Wildman–Crippen MR) is 97.9 cm³/mol. The van der Waals surface area contributed by atoms with Crippen molar-refractivity contribution >= 4 is 17.4 Å². The molecule has 0 aliphatic carbocycles. The maximum atomic E-state index is 14.0. The number of para-hydroxylation sites is 1. The predicted octanol–water partition coefficient (Wildman–Crippen LogP) is 4.75. The Bertz CT molecular complexity index is 850. The molecule has 6 heteroatoms. The smallest absolute Gasteiger partial charge is 0.317 e. The molecular formula is C19H21FN4O. The molecule has 2 aromatic carbocycles. The summed E-state index contributed by atoms with van der Waals surface area (Å²) >= 11 is 0. The first-order chi connectivity index (χ1) is 11.8. The Morgan fingerprint density at radius 1 is 1.00 bits per heavy atom. The molecule has 3 rings (SSSR count). The van der Waals surface area contributed by atoms with Gasteiger partial charge in [0.1, 0.15) is 5.67 Å². The highest BCUT2D eigenvalue weighted by atomic mass is 19.1. The lowest BCUT2D eigenvalue weighted by Gasteiger charge is -2.16. The van der Waals surface area contributed by atoms with E-state index in [4.69, 9.17) is 4.42 Å². The van der Waals surface area contributed by atoms with Gasteiger partial charge in [-0.25, -0.2) is 4.39 Å². The van der Waals surface area contributed by atoms with E-state index >= 15 is 0 Å². The van der Waals surface area contributed by atoms with Crippen LogP contribution in [0.1, 0.15) is 19.4 Å². The first-order valence-corrected chi connectivity index (χ1v) is 8.01. The monoisotopic (exact) mass is 340 g/mol. The van der Waals surface area contributed by atoms with E-state index in [9.17, 15) is 4.39 Å². The number of nitrogens with zero attached hydrogens (tertiary/aromatic N) is 3. The lowest BCUT2D eigenvalue weighted by Crippen LogP contribution is -2.08. The standard InChI is InChI=1S/C19H21FN4O/c1-19(2,20)13-9-11-14(12-10-13)21-16-8-6-5-7-15(16)17-22-23-18(25-17)24(3)4/h5-12,21H,1-4H3. The van der Waals surface area contributed by atoms with Crippen molar-refractivity contribution in [3.8, 4) is 11.5 Å². The molecule has 25 heavy (non-hydrogen) atoms. The molecule has 1 N–H and O–H groups in total. The van der Waals surface area contributed by atoms with Crippen molar-refractivity contribution in [2.75, 3.05) is 24.3 Å². The van der Waals surface area contributed by atoms with Crippen LogP contribution in [0.2, 0.25) is 0 Å². The number of halogens is 1. The molecule has 0 bridgehead atoms. The summed E-state index contributed by atoms with van der Waals surface area (Å²) in [7, 11) is 3.69. The molecule has 0 spiro atoms. The molecule has 0 aliphatic heterocycles. The molecule has 0 unspecified atom stereocenters. The van der Waals surface area contributed by atoms with Crippen LogP contribution < -0.4 is 10.2 Å². The van der Waals surface area contributed by atoms with Crippen LogP contribution in [0.25, 0.3) is 11.5 Å². The maximum absolute atomic E-state index is 14.0. The van der Waals surface area contributed by atoms with Crippen molar-refractivity contribution in [2.24, 2.45) is 0 Å². The summed E-state index contributed by atoms with van der Waals surface area (Å²) in [6.45, 7) is 3.09. The second kappa shape index (κ2) is 6.55. The summed E-state index contributed by atoms with van der Waals surface area (Å²) in [5.74, 6) is 0.438. The van der Waals surface area contributed by atoms with Crippen LogP contribution in [0.3, 0.4) is 0 Å². The number of benzene rings is 2. The topological polar surface area (TPSA) is 54.2 Å². The van der Waals surface area contributed by atoms with Crippen LogP contribution >= 0.6 is 0 Å². The quantitative estimate of drug-likeness (QED) is 0.726. The summed E-state index contributed by atoms with van der Waals surface area (Å²) < 4.78 is 19.7. The van der Waals surface area contributed by atoms with E-state index in [1.807, 2.05) is 50.5 Å². The Kier molecular flexibility index (Phi) is 4.44. The van der Waals surface area contributed by atoms with Gasteiger partial charge in [-0.05, 0) is 43.7 Å². The third-order valence-electron chi connectivity index (χ3n) is 3.80. The van der Waals surface area contributed by atoms with E-state index in [1.54, 1.807) is 30.9 Å². The summed E-state index contributed by atoms with van der Waals surface area (Å²) in [5, 5.41) is 11.5. The van der Waals surface area contributed by atoms with Crippen LogP contribution in [0, 0.1) is 0 Å². The summed E-state index contributed by atoms with van der Waals surface area (Å²) in [6.07, 6.45) is 0. The van der Waals surface area contributed by atoms with Crippen LogP contribution in [0.15, 0.2) is 52.9 Å². The molecule has 1 aromatic heterocycles. The fourth-order valence-electron chi connectivity index (χ4n) is 2.39. The highest BCUT2D eigenvalue weighted by Crippen LogP contribution is 2.31. The van der Waals surface area contributed by atoms with Crippen molar-refractivity contribution in [3.63, 3.8) is 0 Å². The van der Waals surface area contributed by atoms with Gasteiger partial charge in [-0.3, -0.25) is 0 Å². The van der Waals surface area contributed by atoms with Gasteiger partial charge >= 0.3 is 6.01 Å². The van der Waals surface area contributed by atoms with Crippen molar-refractivity contribution in [1.29, 1.82) is 0 Å². The zero-order chi connectivity index (χ0) is 18.0. The Morgan fingerprint density at radius 3 is 2.28 bits per heavy atom.